The third-order valence-corrected chi connectivity index (χ3v) is 7.35. The average Bonchev–Trinajstić information content (AvgIpc) is 3.28. The van der Waals surface area contributed by atoms with E-state index in [0.717, 1.165) is 23.5 Å². The van der Waals surface area contributed by atoms with Crippen LogP contribution in [-0.2, 0) is 29.0 Å². The monoisotopic (exact) mass is 572 g/mol. The van der Waals surface area contributed by atoms with Gasteiger partial charge in [-0.1, -0.05) is 30.3 Å². The number of rotatable bonds is 10. The molecule has 8 nitrogen and oxygen atoms in total. The maximum Gasteiger partial charge on any atom is 0.341 e. The molecule has 0 saturated heterocycles. The van der Waals surface area contributed by atoms with E-state index in [0.29, 0.717) is 46.3 Å². The number of benzene rings is 2. The number of anilines is 1. The lowest BCUT2D eigenvalue weighted by atomic mass is 10.0. The van der Waals surface area contributed by atoms with Crippen LogP contribution in [0.4, 0.5) is 5.00 Å². The smallest absolute Gasteiger partial charge is 0.341 e. The van der Waals surface area contributed by atoms with Gasteiger partial charge >= 0.3 is 5.97 Å². The second-order valence-corrected chi connectivity index (χ2v) is 9.76. The van der Waals surface area contributed by atoms with Crippen LogP contribution in [0.25, 0.3) is 6.08 Å². The Balaban J connectivity index is 0.00000420. The maximum atomic E-state index is 12.9. The highest BCUT2D eigenvalue weighted by molar-refractivity contribution is 7.17. The number of carbonyl (C=O) groups is 2. The van der Waals surface area contributed by atoms with E-state index >= 15 is 0 Å². The lowest BCUT2D eigenvalue weighted by molar-refractivity contribution is -0.111. The zero-order valence-electron chi connectivity index (χ0n) is 22.4. The molecule has 0 spiro atoms. The highest BCUT2D eigenvalue weighted by atomic mass is 35.5. The summed E-state index contributed by atoms with van der Waals surface area (Å²) in [5, 5.41) is 3.42. The Hall–Kier alpha value is -3.53. The molecule has 2 heterocycles. The van der Waals surface area contributed by atoms with Crippen LogP contribution in [-0.4, -0.2) is 51.3 Å². The Bertz CT molecular complexity index is 1300. The molecule has 1 N–H and O–H groups in total. The number of amides is 1. The number of fused-ring (bicyclic) bond motifs is 1. The van der Waals surface area contributed by atoms with Gasteiger partial charge in [-0.2, -0.15) is 0 Å². The number of hydrogen-bond acceptors (Lipinski definition) is 8. The van der Waals surface area contributed by atoms with Crippen LogP contribution in [0.2, 0.25) is 0 Å². The molecule has 4 rings (SSSR count). The van der Waals surface area contributed by atoms with Crippen LogP contribution in [0.5, 0.6) is 17.2 Å². The van der Waals surface area contributed by atoms with Crippen molar-refractivity contribution in [2.24, 2.45) is 0 Å². The molecule has 1 amide bonds. The van der Waals surface area contributed by atoms with Gasteiger partial charge in [0.25, 0.3) is 0 Å². The topological polar surface area (TPSA) is 86.3 Å². The number of nitrogens with zero attached hydrogens (tertiary/aromatic N) is 1. The fourth-order valence-corrected chi connectivity index (χ4v) is 5.74. The van der Waals surface area contributed by atoms with Crippen molar-refractivity contribution in [3.05, 3.63) is 75.7 Å². The molecule has 0 fully saturated rings. The number of halogens is 1. The molecular weight excluding hydrogens is 540 g/mol. The van der Waals surface area contributed by atoms with E-state index in [4.69, 9.17) is 18.9 Å². The molecule has 0 aliphatic carbocycles. The van der Waals surface area contributed by atoms with Crippen molar-refractivity contribution >= 4 is 46.7 Å². The highest BCUT2D eigenvalue weighted by Gasteiger charge is 2.29. The minimum absolute atomic E-state index is 0. The van der Waals surface area contributed by atoms with Gasteiger partial charge in [0.1, 0.15) is 5.00 Å². The molecule has 1 aliphatic heterocycles. The fourth-order valence-electron chi connectivity index (χ4n) is 4.46. The van der Waals surface area contributed by atoms with Gasteiger partial charge in [0, 0.05) is 30.6 Å². The minimum atomic E-state index is -0.412. The van der Waals surface area contributed by atoms with Crippen molar-refractivity contribution in [3.63, 3.8) is 0 Å². The van der Waals surface area contributed by atoms with Crippen LogP contribution >= 0.6 is 23.7 Å². The Kier molecular flexibility index (Phi) is 10.8. The summed E-state index contributed by atoms with van der Waals surface area (Å²) in [4.78, 5) is 29.2. The Labute approximate surface area is 238 Å². The molecule has 39 heavy (non-hydrogen) atoms. The minimum Gasteiger partial charge on any atom is -0.493 e. The zero-order valence-corrected chi connectivity index (χ0v) is 24.1. The van der Waals surface area contributed by atoms with E-state index in [2.05, 4.69) is 22.3 Å². The number of hydrogen-bond donors (Lipinski definition) is 1. The van der Waals surface area contributed by atoms with E-state index in [1.54, 1.807) is 25.1 Å². The van der Waals surface area contributed by atoms with Crippen molar-refractivity contribution in [1.29, 1.82) is 0 Å². The SMILES string of the molecule is CCOC(=O)c1c(NC(=O)/C=C/c2cc(OC)c(OC)c(OC)c2)sc2c1CCN(Cc1ccccc1)C2.Cl. The number of ether oxygens (including phenoxy) is 4. The molecule has 3 aromatic rings. The van der Waals surface area contributed by atoms with Gasteiger partial charge < -0.3 is 24.3 Å². The van der Waals surface area contributed by atoms with Crippen molar-refractivity contribution in [2.45, 2.75) is 26.4 Å². The summed E-state index contributed by atoms with van der Waals surface area (Å²) in [6.07, 6.45) is 3.78. The van der Waals surface area contributed by atoms with Crippen LogP contribution in [0, 0.1) is 0 Å². The van der Waals surface area contributed by atoms with Gasteiger partial charge in [0.05, 0.1) is 33.5 Å². The first-order chi connectivity index (χ1) is 18.5. The van der Waals surface area contributed by atoms with Crippen LogP contribution in [0.15, 0.2) is 48.5 Å². The fraction of sp³-hybridized carbons (Fsp3) is 0.310. The first-order valence-corrected chi connectivity index (χ1v) is 13.2. The van der Waals surface area contributed by atoms with E-state index in [9.17, 15) is 9.59 Å². The molecule has 0 bridgehead atoms. The molecule has 208 valence electrons. The van der Waals surface area contributed by atoms with Crippen LogP contribution in [0.1, 0.15) is 38.8 Å². The van der Waals surface area contributed by atoms with Gasteiger partial charge in [0.15, 0.2) is 11.5 Å². The van der Waals surface area contributed by atoms with E-state index in [-0.39, 0.29) is 24.9 Å². The second-order valence-electron chi connectivity index (χ2n) is 8.66. The largest absolute Gasteiger partial charge is 0.493 e. The van der Waals surface area contributed by atoms with Gasteiger partial charge in [-0.05, 0) is 48.2 Å². The molecule has 0 atom stereocenters. The van der Waals surface area contributed by atoms with Crippen molar-refractivity contribution < 1.29 is 28.5 Å². The molecular formula is C29H33ClN2O6S. The van der Waals surface area contributed by atoms with E-state index in [1.807, 2.05) is 18.2 Å². The standard InChI is InChI=1S/C29H32N2O6S.ClH/c1-5-37-29(33)26-21-13-14-31(17-19-9-7-6-8-10-19)18-24(21)38-28(26)30-25(32)12-11-20-15-22(34-2)27(36-4)23(16-20)35-3;/h6-12,15-16H,5,13-14,17-18H2,1-4H3,(H,30,32);1H/b12-11+;. The number of methoxy groups -OCH3 is 3. The van der Waals surface area contributed by atoms with E-state index in [1.165, 1.54) is 44.3 Å². The molecule has 0 unspecified atom stereocenters. The average molecular weight is 573 g/mol. The summed E-state index contributed by atoms with van der Waals surface area (Å²) < 4.78 is 21.5. The predicted molar refractivity (Wildman–Crippen MR) is 156 cm³/mol. The lowest BCUT2D eigenvalue weighted by Crippen LogP contribution is -2.29. The molecule has 1 aromatic heterocycles. The molecule has 0 radical (unpaired) electrons. The summed E-state index contributed by atoms with van der Waals surface area (Å²) in [7, 11) is 4.61. The highest BCUT2D eigenvalue weighted by Crippen LogP contribution is 2.39. The first-order valence-electron chi connectivity index (χ1n) is 12.3. The Morgan fingerprint density at radius 3 is 2.36 bits per heavy atom. The first kappa shape index (κ1) is 30.0. The molecule has 10 heteroatoms. The summed E-state index contributed by atoms with van der Waals surface area (Å²) >= 11 is 1.43. The molecule has 1 aliphatic rings. The van der Waals surface area contributed by atoms with Gasteiger partial charge in [-0.15, -0.1) is 23.7 Å². The third-order valence-electron chi connectivity index (χ3n) is 6.22. The Morgan fingerprint density at radius 2 is 1.74 bits per heavy atom. The van der Waals surface area contributed by atoms with Crippen molar-refractivity contribution in [2.75, 3.05) is 39.8 Å². The zero-order chi connectivity index (χ0) is 27.1. The number of esters is 1. The van der Waals surface area contributed by atoms with E-state index < -0.39 is 5.97 Å². The number of thiophene rings is 1. The predicted octanol–water partition coefficient (Wildman–Crippen LogP) is 5.58. The summed E-state index contributed by atoms with van der Waals surface area (Å²) in [6, 6.07) is 13.8. The Morgan fingerprint density at radius 1 is 1.05 bits per heavy atom. The van der Waals surface area contributed by atoms with Crippen molar-refractivity contribution in [1.82, 2.24) is 4.90 Å². The molecule has 2 aromatic carbocycles. The van der Waals surface area contributed by atoms with Gasteiger partial charge in [-0.3, -0.25) is 9.69 Å². The van der Waals surface area contributed by atoms with Crippen LogP contribution in [0.3, 0.4) is 0 Å². The number of carbonyl (C=O) groups excluding carboxylic acids is 2. The third kappa shape index (κ3) is 7.11. The maximum absolute atomic E-state index is 12.9. The second kappa shape index (κ2) is 14.0. The van der Waals surface area contributed by atoms with Crippen molar-refractivity contribution in [3.8, 4) is 17.2 Å². The molecule has 0 saturated carbocycles. The van der Waals surface area contributed by atoms with Crippen LogP contribution < -0.4 is 19.5 Å². The normalized spacial score (nSPS) is 12.8. The summed E-state index contributed by atoms with van der Waals surface area (Å²) in [6.45, 7) is 4.39. The summed E-state index contributed by atoms with van der Waals surface area (Å²) in [5.74, 6) is 0.681. The summed E-state index contributed by atoms with van der Waals surface area (Å²) in [5.41, 5.74) is 3.35. The van der Waals surface area contributed by atoms with Gasteiger partial charge in [-0.25, -0.2) is 4.79 Å². The number of nitrogens with one attached hydrogen (secondary N) is 1. The quantitative estimate of drug-likeness (QED) is 0.251. The van der Waals surface area contributed by atoms with Gasteiger partial charge in [0.2, 0.25) is 11.7 Å². The lowest BCUT2D eigenvalue weighted by Gasteiger charge is -2.27.